The van der Waals surface area contributed by atoms with Gasteiger partial charge in [-0.25, -0.2) is 0 Å². The molecule has 116 valence electrons. The third-order valence-corrected chi connectivity index (χ3v) is 3.91. The molecule has 3 nitrogen and oxygen atoms in total. The van der Waals surface area contributed by atoms with Crippen molar-refractivity contribution in [3.8, 4) is 5.75 Å². The van der Waals surface area contributed by atoms with E-state index in [4.69, 9.17) is 0 Å². The first kappa shape index (κ1) is 15.7. The number of alkyl halides is 2. The van der Waals surface area contributed by atoms with Crippen LogP contribution in [0.4, 0.5) is 8.78 Å². The quantitative estimate of drug-likeness (QED) is 0.842. The molecule has 1 fully saturated rings. The molecule has 0 N–H and O–H groups in total. The Morgan fingerprint density at radius 3 is 2.48 bits per heavy atom. The van der Waals surface area contributed by atoms with Gasteiger partial charge in [-0.05, 0) is 49.4 Å². The van der Waals surface area contributed by atoms with Crippen molar-refractivity contribution in [3.63, 3.8) is 0 Å². The lowest BCUT2D eigenvalue weighted by atomic mass is 9.92. The van der Waals surface area contributed by atoms with Crippen molar-refractivity contribution in [3.05, 3.63) is 29.8 Å². The topological polar surface area (TPSA) is 29.5 Å². The third kappa shape index (κ3) is 3.93. The van der Waals surface area contributed by atoms with Crippen LogP contribution in [0.1, 0.15) is 43.5 Å². The van der Waals surface area contributed by atoms with E-state index >= 15 is 0 Å². The lowest BCUT2D eigenvalue weighted by Crippen LogP contribution is -2.46. The number of nitrogens with zero attached hydrogens (tertiary/aromatic N) is 1. The molecule has 1 aliphatic heterocycles. The summed E-state index contributed by atoms with van der Waals surface area (Å²) < 4.78 is 28.5. The maximum atomic E-state index is 12.6. The molecule has 1 amide bonds. The number of halogens is 2. The number of benzene rings is 1. The van der Waals surface area contributed by atoms with E-state index in [9.17, 15) is 13.6 Å². The van der Waals surface area contributed by atoms with Crippen molar-refractivity contribution in [2.75, 3.05) is 6.54 Å². The number of likely N-dealkylation sites (tertiary alicyclic amines) is 1. The first-order valence-electron chi connectivity index (χ1n) is 7.35. The number of amides is 1. The highest BCUT2D eigenvalue weighted by atomic mass is 19.3. The normalized spacial score (nSPS) is 19.1. The summed E-state index contributed by atoms with van der Waals surface area (Å²) in [6, 6.07) is 6.17. The molecule has 1 heterocycles. The zero-order valence-corrected chi connectivity index (χ0v) is 12.4. The number of hydrogen-bond donors (Lipinski definition) is 0. The molecule has 21 heavy (non-hydrogen) atoms. The van der Waals surface area contributed by atoms with Gasteiger partial charge in [-0.3, -0.25) is 4.79 Å². The van der Waals surface area contributed by atoms with Gasteiger partial charge >= 0.3 is 6.61 Å². The average molecular weight is 297 g/mol. The number of hydrogen-bond acceptors (Lipinski definition) is 2. The minimum atomic E-state index is -2.85. The number of rotatable bonds is 4. The maximum Gasteiger partial charge on any atom is 0.387 e. The minimum absolute atomic E-state index is 0.0306. The first-order valence-corrected chi connectivity index (χ1v) is 7.35. The fraction of sp³-hybridized carbons (Fsp3) is 0.562. The molecule has 0 bridgehead atoms. The Balaban J connectivity index is 2.11. The molecule has 1 atom stereocenters. The third-order valence-electron chi connectivity index (χ3n) is 3.91. The van der Waals surface area contributed by atoms with Crippen LogP contribution in [0.25, 0.3) is 0 Å². The van der Waals surface area contributed by atoms with Gasteiger partial charge in [0.15, 0.2) is 0 Å². The van der Waals surface area contributed by atoms with Crippen LogP contribution in [0.5, 0.6) is 5.75 Å². The second kappa shape index (κ2) is 6.87. The van der Waals surface area contributed by atoms with E-state index < -0.39 is 6.61 Å². The van der Waals surface area contributed by atoms with Gasteiger partial charge in [0.2, 0.25) is 0 Å². The van der Waals surface area contributed by atoms with Crippen molar-refractivity contribution < 1.29 is 18.3 Å². The Kier molecular flexibility index (Phi) is 5.15. The molecule has 1 saturated heterocycles. The van der Waals surface area contributed by atoms with Crippen LogP contribution in [0.2, 0.25) is 0 Å². The number of ether oxygens (including phenoxy) is 1. The average Bonchev–Trinajstić information content (AvgIpc) is 2.46. The molecular weight excluding hydrogens is 276 g/mol. The van der Waals surface area contributed by atoms with E-state index in [0.717, 1.165) is 25.8 Å². The monoisotopic (exact) mass is 297 g/mol. The second-order valence-electron chi connectivity index (χ2n) is 5.71. The van der Waals surface area contributed by atoms with E-state index in [0.29, 0.717) is 11.5 Å². The highest BCUT2D eigenvalue weighted by Gasteiger charge is 2.29. The summed E-state index contributed by atoms with van der Waals surface area (Å²) in [6.45, 7) is 2.15. The number of piperidine rings is 1. The van der Waals surface area contributed by atoms with Crippen LogP contribution in [0.15, 0.2) is 24.3 Å². The zero-order chi connectivity index (χ0) is 15.4. The standard InChI is InChI=1S/C16H21F2NO2/c1-11(2)14-5-3-4-10-19(14)15(20)12-6-8-13(9-7-12)21-16(17)18/h6-9,11,14,16H,3-5,10H2,1-2H3. The lowest BCUT2D eigenvalue weighted by molar-refractivity contribution is -0.0498. The summed E-state index contributed by atoms with van der Waals surface area (Å²) in [5, 5.41) is 0. The Morgan fingerprint density at radius 1 is 1.24 bits per heavy atom. The van der Waals surface area contributed by atoms with E-state index in [2.05, 4.69) is 18.6 Å². The molecule has 1 unspecified atom stereocenters. The first-order chi connectivity index (χ1) is 9.99. The smallest absolute Gasteiger partial charge is 0.387 e. The fourth-order valence-electron chi connectivity index (χ4n) is 2.85. The van der Waals surface area contributed by atoms with Crippen molar-refractivity contribution in [2.45, 2.75) is 45.8 Å². The van der Waals surface area contributed by atoms with Crippen LogP contribution < -0.4 is 4.74 Å². The van der Waals surface area contributed by atoms with Gasteiger partial charge in [0.1, 0.15) is 5.75 Å². The van der Waals surface area contributed by atoms with Gasteiger partial charge in [0.25, 0.3) is 5.91 Å². The van der Waals surface area contributed by atoms with Crippen LogP contribution >= 0.6 is 0 Å². The predicted molar refractivity (Wildman–Crippen MR) is 76.6 cm³/mol. The van der Waals surface area contributed by atoms with E-state index in [-0.39, 0.29) is 17.7 Å². The highest BCUT2D eigenvalue weighted by molar-refractivity contribution is 5.94. The molecule has 0 aromatic heterocycles. The predicted octanol–water partition coefficient (Wildman–Crippen LogP) is 3.94. The summed E-state index contributed by atoms with van der Waals surface area (Å²) in [7, 11) is 0. The van der Waals surface area contributed by atoms with Gasteiger partial charge in [-0.2, -0.15) is 8.78 Å². The summed E-state index contributed by atoms with van der Waals surface area (Å²) in [4.78, 5) is 14.5. The molecule has 2 rings (SSSR count). The van der Waals surface area contributed by atoms with Gasteiger partial charge in [0, 0.05) is 18.2 Å². The summed E-state index contributed by atoms with van der Waals surface area (Å²) in [5.74, 6) is 0.452. The largest absolute Gasteiger partial charge is 0.435 e. The van der Waals surface area contributed by atoms with Crippen molar-refractivity contribution in [1.29, 1.82) is 0 Å². The molecule has 1 aliphatic rings. The zero-order valence-electron chi connectivity index (χ0n) is 12.4. The van der Waals surface area contributed by atoms with E-state index in [1.165, 1.54) is 12.1 Å². The van der Waals surface area contributed by atoms with Crippen LogP contribution in [0.3, 0.4) is 0 Å². The molecule has 0 spiro atoms. The summed E-state index contributed by atoms with van der Waals surface area (Å²) in [5.41, 5.74) is 0.518. The fourth-order valence-corrected chi connectivity index (χ4v) is 2.85. The van der Waals surface area contributed by atoms with Crippen LogP contribution in [-0.2, 0) is 0 Å². The number of carbonyl (C=O) groups excluding carboxylic acids is 1. The molecule has 5 heteroatoms. The molecular formula is C16H21F2NO2. The summed E-state index contributed by atoms with van der Waals surface area (Å²) in [6.07, 6.45) is 3.19. The number of carbonyl (C=O) groups is 1. The van der Waals surface area contributed by atoms with Crippen molar-refractivity contribution in [2.24, 2.45) is 5.92 Å². The van der Waals surface area contributed by atoms with E-state index in [1.807, 2.05) is 4.90 Å². The molecule has 0 saturated carbocycles. The van der Waals surface area contributed by atoms with Gasteiger partial charge in [-0.1, -0.05) is 13.8 Å². The van der Waals surface area contributed by atoms with Crippen molar-refractivity contribution >= 4 is 5.91 Å². The van der Waals surface area contributed by atoms with Gasteiger partial charge in [-0.15, -0.1) is 0 Å². The Morgan fingerprint density at radius 2 is 1.90 bits per heavy atom. The Bertz CT molecular complexity index is 474. The Hall–Kier alpha value is -1.65. The molecule has 0 aliphatic carbocycles. The molecule has 1 aromatic rings. The highest BCUT2D eigenvalue weighted by Crippen LogP contribution is 2.25. The van der Waals surface area contributed by atoms with Crippen LogP contribution in [-0.4, -0.2) is 30.0 Å². The van der Waals surface area contributed by atoms with Crippen molar-refractivity contribution in [1.82, 2.24) is 4.90 Å². The summed E-state index contributed by atoms with van der Waals surface area (Å²) >= 11 is 0. The maximum absolute atomic E-state index is 12.6. The van der Waals surface area contributed by atoms with E-state index in [1.54, 1.807) is 12.1 Å². The molecule has 0 radical (unpaired) electrons. The van der Waals surface area contributed by atoms with Gasteiger partial charge < -0.3 is 9.64 Å². The lowest BCUT2D eigenvalue weighted by Gasteiger charge is -2.38. The SMILES string of the molecule is CC(C)C1CCCCN1C(=O)c1ccc(OC(F)F)cc1. The Labute approximate surface area is 123 Å². The van der Waals surface area contributed by atoms with Gasteiger partial charge in [0.05, 0.1) is 0 Å². The molecule has 1 aromatic carbocycles. The minimum Gasteiger partial charge on any atom is -0.435 e. The van der Waals surface area contributed by atoms with Crippen LogP contribution in [0, 0.1) is 5.92 Å². The second-order valence-corrected chi connectivity index (χ2v) is 5.71.